The fourth-order valence-corrected chi connectivity index (χ4v) is 1.21. The Hall–Kier alpha value is -1.01. The van der Waals surface area contributed by atoms with Crippen molar-refractivity contribution in [2.24, 2.45) is 5.73 Å². The maximum Gasteiger partial charge on any atom is 0.240 e. The number of amides is 2. The summed E-state index contributed by atoms with van der Waals surface area (Å²) >= 11 is 4.69. The molecule has 72 valence electrons. The number of hydrogen-bond acceptors (Lipinski definition) is 4. The Morgan fingerprint density at radius 1 is 1.46 bits per heavy atom. The van der Waals surface area contributed by atoms with Crippen LogP contribution in [0.25, 0.3) is 0 Å². The van der Waals surface area contributed by atoms with Gasteiger partial charge in [0.15, 0.2) is 0 Å². The second-order valence-electron chi connectivity index (χ2n) is 2.90. The van der Waals surface area contributed by atoms with E-state index in [0.717, 1.165) is 0 Å². The molecule has 0 atom stereocenters. The van der Waals surface area contributed by atoms with E-state index in [1.807, 2.05) is 0 Å². The van der Waals surface area contributed by atoms with E-state index < -0.39 is 0 Å². The Morgan fingerprint density at radius 2 is 2.00 bits per heavy atom. The van der Waals surface area contributed by atoms with Gasteiger partial charge in [0, 0.05) is 13.0 Å². The van der Waals surface area contributed by atoms with Crippen LogP contribution in [0.1, 0.15) is 6.42 Å². The highest BCUT2D eigenvalue weighted by molar-refractivity contribution is 7.80. The van der Waals surface area contributed by atoms with Crippen molar-refractivity contribution in [1.82, 2.24) is 10.2 Å². The van der Waals surface area contributed by atoms with Crippen molar-refractivity contribution in [2.75, 3.05) is 19.6 Å². The Balaban J connectivity index is 2.37. The van der Waals surface area contributed by atoms with Crippen LogP contribution < -0.4 is 11.1 Å². The quantitative estimate of drug-likeness (QED) is 0.435. The van der Waals surface area contributed by atoms with E-state index in [1.54, 1.807) is 4.90 Å². The minimum atomic E-state index is -0.265. The molecule has 1 fully saturated rings. The molecule has 1 rings (SSSR count). The second kappa shape index (κ2) is 4.29. The van der Waals surface area contributed by atoms with Gasteiger partial charge in [0.2, 0.25) is 11.8 Å². The fourth-order valence-electron chi connectivity index (χ4n) is 1.12. The summed E-state index contributed by atoms with van der Waals surface area (Å²) in [6, 6.07) is 0. The van der Waals surface area contributed by atoms with Crippen LogP contribution in [-0.2, 0) is 9.59 Å². The molecule has 3 N–H and O–H groups in total. The molecule has 0 saturated carbocycles. The number of nitrogens with two attached hydrogens (primary N) is 1. The SMILES string of the molecule is NC(=S)CCN1CC(=O)NC(=O)C1. The fraction of sp³-hybridized carbons (Fsp3) is 0.571. The lowest BCUT2D eigenvalue weighted by molar-refractivity contribution is -0.135. The number of carbonyl (C=O) groups is 2. The minimum absolute atomic E-state index is 0.244. The van der Waals surface area contributed by atoms with E-state index in [9.17, 15) is 9.59 Å². The van der Waals surface area contributed by atoms with Gasteiger partial charge in [0.05, 0.1) is 18.1 Å². The third-order valence-corrected chi connectivity index (χ3v) is 1.89. The van der Waals surface area contributed by atoms with E-state index in [1.165, 1.54) is 0 Å². The normalized spacial score (nSPS) is 18.5. The number of nitrogens with one attached hydrogen (secondary N) is 1. The van der Waals surface area contributed by atoms with Crippen molar-refractivity contribution in [2.45, 2.75) is 6.42 Å². The van der Waals surface area contributed by atoms with Crippen molar-refractivity contribution >= 4 is 29.0 Å². The van der Waals surface area contributed by atoms with Crippen LogP contribution in [0.3, 0.4) is 0 Å². The number of imide groups is 1. The maximum absolute atomic E-state index is 10.9. The lowest BCUT2D eigenvalue weighted by atomic mass is 10.3. The Bertz CT molecular complexity index is 238. The third kappa shape index (κ3) is 3.47. The molecule has 0 aromatic heterocycles. The summed E-state index contributed by atoms with van der Waals surface area (Å²) in [5, 5.41) is 2.21. The Labute approximate surface area is 81.3 Å². The van der Waals surface area contributed by atoms with Gasteiger partial charge < -0.3 is 5.73 Å². The summed E-state index contributed by atoms with van der Waals surface area (Å²) < 4.78 is 0. The van der Waals surface area contributed by atoms with Crippen LogP contribution in [0.4, 0.5) is 0 Å². The molecular weight excluding hydrogens is 190 g/mol. The standard InChI is InChI=1S/C7H11N3O2S/c8-5(13)1-2-10-3-6(11)9-7(12)4-10/h1-4H2,(H2,8,13)(H,9,11,12). The zero-order valence-corrected chi connectivity index (χ0v) is 7.89. The number of thiocarbonyl (C=S) groups is 1. The average Bonchev–Trinajstić information content (AvgIpc) is 1.99. The van der Waals surface area contributed by atoms with Crippen LogP contribution in [-0.4, -0.2) is 41.3 Å². The largest absolute Gasteiger partial charge is 0.393 e. The molecule has 2 amide bonds. The van der Waals surface area contributed by atoms with Crippen molar-refractivity contribution in [3.05, 3.63) is 0 Å². The Kier molecular flexibility index (Phi) is 3.32. The average molecular weight is 201 g/mol. The van der Waals surface area contributed by atoms with Crippen LogP contribution in [0.5, 0.6) is 0 Å². The minimum Gasteiger partial charge on any atom is -0.393 e. The summed E-state index contributed by atoms with van der Waals surface area (Å²) in [6.45, 7) is 1.05. The molecule has 0 bridgehead atoms. The molecular formula is C7H11N3O2S. The topological polar surface area (TPSA) is 75.4 Å². The van der Waals surface area contributed by atoms with Crippen molar-refractivity contribution in [3.63, 3.8) is 0 Å². The number of carbonyl (C=O) groups excluding carboxylic acids is 2. The molecule has 0 aromatic rings. The zero-order chi connectivity index (χ0) is 9.84. The van der Waals surface area contributed by atoms with Gasteiger partial charge >= 0.3 is 0 Å². The van der Waals surface area contributed by atoms with Gasteiger partial charge in [-0.25, -0.2) is 0 Å². The van der Waals surface area contributed by atoms with Gasteiger partial charge in [-0.1, -0.05) is 12.2 Å². The van der Waals surface area contributed by atoms with E-state index in [2.05, 4.69) is 17.5 Å². The van der Waals surface area contributed by atoms with Gasteiger partial charge in [-0.15, -0.1) is 0 Å². The summed E-state index contributed by atoms with van der Waals surface area (Å²) in [6.07, 6.45) is 0.538. The van der Waals surface area contributed by atoms with Crippen LogP contribution in [0, 0.1) is 0 Å². The van der Waals surface area contributed by atoms with E-state index in [4.69, 9.17) is 5.73 Å². The van der Waals surface area contributed by atoms with Crippen LogP contribution in [0.2, 0.25) is 0 Å². The van der Waals surface area contributed by atoms with Gasteiger partial charge in [0.1, 0.15) is 0 Å². The molecule has 1 aliphatic rings. The summed E-state index contributed by atoms with van der Waals surface area (Å²) in [5.41, 5.74) is 5.30. The predicted octanol–water partition coefficient (Wildman–Crippen LogP) is -1.38. The highest BCUT2D eigenvalue weighted by Crippen LogP contribution is 1.96. The molecule has 0 aliphatic carbocycles. The molecule has 0 aromatic carbocycles. The molecule has 1 heterocycles. The first-order valence-electron chi connectivity index (χ1n) is 3.91. The van der Waals surface area contributed by atoms with Gasteiger partial charge in [0.25, 0.3) is 0 Å². The number of hydrogen-bond donors (Lipinski definition) is 2. The van der Waals surface area contributed by atoms with Crippen LogP contribution >= 0.6 is 12.2 Å². The number of rotatable bonds is 3. The first kappa shape index (κ1) is 10.1. The highest BCUT2D eigenvalue weighted by atomic mass is 32.1. The van der Waals surface area contributed by atoms with E-state index in [-0.39, 0.29) is 24.9 Å². The first-order valence-corrected chi connectivity index (χ1v) is 4.32. The molecule has 13 heavy (non-hydrogen) atoms. The molecule has 5 nitrogen and oxygen atoms in total. The van der Waals surface area contributed by atoms with Crippen LogP contribution in [0.15, 0.2) is 0 Å². The smallest absolute Gasteiger partial charge is 0.240 e. The lowest BCUT2D eigenvalue weighted by Gasteiger charge is -2.24. The van der Waals surface area contributed by atoms with Gasteiger partial charge in [-0.3, -0.25) is 19.8 Å². The molecule has 6 heteroatoms. The number of nitrogens with zero attached hydrogens (tertiary/aromatic N) is 1. The van der Waals surface area contributed by atoms with Crippen molar-refractivity contribution in [1.29, 1.82) is 0 Å². The highest BCUT2D eigenvalue weighted by Gasteiger charge is 2.21. The number of piperazine rings is 1. The van der Waals surface area contributed by atoms with E-state index >= 15 is 0 Å². The van der Waals surface area contributed by atoms with Gasteiger partial charge in [-0.2, -0.15) is 0 Å². The summed E-state index contributed by atoms with van der Waals surface area (Å²) in [4.78, 5) is 23.9. The second-order valence-corrected chi connectivity index (χ2v) is 3.42. The molecule has 1 saturated heterocycles. The van der Waals surface area contributed by atoms with E-state index in [0.29, 0.717) is 18.0 Å². The monoisotopic (exact) mass is 201 g/mol. The predicted molar refractivity (Wildman–Crippen MR) is 51.0 cm³/mol. The Morgan fingerprint density at radius 3 is 2.46 bits per heavy atom. The van der Waals surface area contributed by atoms with Crippen molar-refractivity contribution in [3.8, 4) is 0 Å². The summed E-state index contributed by atoms with van der Waals surface area (Å²) in [7, 11) is 0. The van der Waals surface area contributed by atoms with Gasteiger partial charge in [-0.05, 0) is 0 Å². The molecule has 0 unspecified atom stereocenters. The molecule has 0 spiro atoms. The molecule has 0 radical (unpaired) electrons. The summed E-state index contributed by atoms with van der Waals surface area (Å²) in [5.74, 6) is -0.529. The molecule has 1 aliphatic heterocycles. The van der Waals surface area contributed by atoms with Crippen molar-refractivity contribution < 1.29 is 9.59 Å². The third-order valence-electron chi connectivity index (χ3n) is 1.69. The lowest BCUT2D eigenvalue weighted by Crippen LogP contribution is -2.51. The maximum atomic E-state index is 10.9. The zero-order valence-electron chi connectivity index (χ0n) is 7.08. The first-order chi connectivity index (χ1) is 6.08.